The average molecular weight is 503 g/mol. The molecule has 10 heteroatoms. The summed E-state index contributed by atoms with van der Waals surface area (Å²) in [6.45, 7) is 0. The van der Waals surface area contributed by atoms with Gasteiger partial charge < -0.3 is 5.32 Å². The van der Waals surface area contributed by atoms with Crippen LogP contribution in [0.5, 0.6) is 0 Å². The van der Waals surface area contributed by atoms with Crippen LogP contribution in [-0.2, 0) is 12.4 Å². The number of alkyl halides is 6. The first-order valence-corrected chi connectivity index (χ1v) is 10.0. The van der Waals surface area contributed by atoms with Crippen LogP contribution in [0.25, 0.3) is 5.70 Å². The Labute approximate surface area is 195 Å². The topological polar surface area (TPSA) is 24.4 Å². The summed E-state index contributed by atoms with van der Waals surface area (Å²) in [7, 11) is 0. The fraction of sp³-hybridized carbons (Fsp3) is 0.0870. The van der Waals surface area contributed by atoms with Gasteiger partial charge in [0.15, 0.2) is 0 Å². The molecular formula is C23H14Cl2F6N2. The van der Waals surface area contributed by atoms with Crippen LogP contribution >= 0.6 is 23.2 Å². The van der Waals surface area contributed by atoms with E-state index in [0.717, 1.165) is 24.3 Å². The van der Waals surface area contributed by atoms with Gasteiger partial charge in [-0.05, 0) is 72.3 Å². The summed E-state index contributed by atoms with van der Waals surface area (Å²) < 4.78 is 76.5. The van der Waals surface area contributed by atoms with Gasteiger partial charge in [0.2, 0.25) is 0 Å². The van der Waals surface area contributed by atoms with Crippen LogP contribution < -0.4 is 5.32 Å². The molecule has 0 aliphatic heterocycles. The van der Waals surface area contributed by atoms with E-state index in [4.69, 9.17) is 23.2 Å². The Hall–Kier alpha value is -2.97. The van der Waals surface area contributed by atoms with Crippen molar-refractivity contribution in [1.82, 2.24) is 0 Å². The van der Waals surface area contributed by atoms with Gasteiger partial charge in [-0.1, -0.05) is 29.3 Å². The van der Waals surface area contributed by atoms with Crippen molar-refractivity contribution in [2.45, 2.75) is 12.4 Å². The monoisotopic (exact) mass is 502 g/mol. The average Bonchev–Trinajstić information content (AvgIpc) is 2.74. The van der Waals surface area contributed by atoms with Gasteiger partial charge in [-0.25, -0.2) is 0 Å². The van der Waals surface area contributed by atoms with Crippen molar-refractivity contribution in [2.24, 2.45) is 4.99 Å². The minimum Gasteiger partial charge on any atom is -0.355 e. The van der Waals surface area contributed by atoms with E-state index >= 15 is 0 Å². The highest BCUT2D eigenvalue weighted by Crippen LogP contribution is 2.32. The predicted molar refractivity (Wildman–Crippen MR) is 119 cm³/mol. The summed E-state index contributed by atoms with van der Waals surface area (Å²) in [5.74, 6) is 0. The van der Waals surface area contributed by atoms with Gasteiger partial charge in [-0.15, -0.1) is 0 Å². The SMILES string of the molecule is FC(F)(F)c1ccc(N=C/C=C(/Nc2ccc(C(F)(F)F)cc2)c2ccc(Cl)c(Cl)c2)cc1. The molecule has 3 rings (SSSR count). The summed E-state index contributed by atoms with van der Waals surface area (Å²) in [5, 5.41) is 3.56. The molecule has 3 aromatic carbocycles. The molecule has 0 atom stereocenters. The van der Waals surface area contributed by atoms with E-state index in [1.165, 1.54) is 36.6 Å². The van der Waals surface area contributed by atoms with Crippen molar-refractivity contribution in [3.05, 3.63) is 99.5 Å². The van der Waals surface area contributed by atoms with Crippen LogP contribution in [-0.4, -0.2) is 6.21 Å². The van der Waals surface area contributed by atoms with Crippen molar-refractivity contribution in [3.63, 3.8) is 0 Å². The first kappa shape index (κ1) is 24.7. The molecule has 0 unspecified atom stereocenters. The normalized spacial score (nSPS) is 12.9. The Bertz CT molecular complexity index is 1170. The molecule has 0 radical (unpaired) electrons. The number of halogens is 8. The highest BCUT2D eigenvalue weighted by atomic mass is 35.5. The third-order valence-corrected chi connectivity index (χ3v) is 5.12. The predicted octanol–water partition coefficient (Wildman–Crippen LogP) is 8.89. The molecule has 0 aliphatic carbocycles. The van der Waals surface area contributed by atoms with Crippen molar-refractivity contribution in [3.8, 4) is 0 Å². The van der Waals surface area contributed by atoms with Crippen molar-refractivity contribution in [1.29, 1.82) is 0 Å². The van der Waals surface area contributed by atoms with E-state index in [1.807, 2.05) is 0 Å². The molecule has 2 nitrogen and oxygen atoms in total. The van der Waals surface area contributed by atoms with Gasteiger partial charge in [-0.2, -0.15) is 26.3 Å². The van der Waals surface area contributed by atoms with E-state index in [1.54, 1.807) is 18.2 Å². The number of hydrogen-bond donors (Lipinski definition) is 1. The third-order valence-electron chi connectivity index (χ3n) is 4.38. The minimum absolute atomic E-state index is 0.258. The molecule has 0 aliphatic rings. The van der Waals surface area contributed by atoms with Crippen molar-refractivity contribution >= 4 is 46.5 Å². The molecule has 1 N–H and O–H groups in total. The van der Waals surface area contributed by atoms with Crippen LogP contribution in [0.1, 0.15) is 16.7 Å². The van der Waals surface area contributed by atoms with E-state index in [0.29, 0.717) is 22.0 Å². The number of aliphatic imine (C=N–C) groups is 1. The maximum absolute atomic E-state index is 12.8. The molecule has 0 bridgehead atoms. The van der Waals surface area contributed by atoms with E-state index in [2.05, 4.69) is 10.3 Å². The summed E-state index contributed by atoms with van der Waals surface area (Å²) >= 11 is 12.0. The summed E-state index contributed by atoms with van der Waals surface area (Å²) in [6.07, 6.45) is -6.06. The highest BCUT2D eigenvalue weighted by molar-refractivity contribution is 6.42. The number of anilines is 1. The van der Waals surface area contributed by atoms with E-state index in [9.17, 15) is 26.3 Å². The largest absolute Gasteiger partial charge is 0.416 e. The Balaban J connectivity index is 1.89. The lowest BCUT2D eigenvalue weighted by atomic mass is 10.1. The number of hydrogen-bond acceptors (Lipinski definition) is 2. The van der Waals surface area contributed by atoms with Gasteiger partial charge in [0, 0.05) is 17.6 Å². The molecule has 0 saturated heterocycles. The minimum atomic E-state index is -4.46. The van der Waals surface area contributed by atoms with Crippen molar-refractivity contribution in [2.75, 3.05) is 5.32 Å². The first-order valence-electron chi connectivity index (χ1n) is 9.25. The van der Waals surface area contributed by atoms with Crippen molar-refractivity contribution < 1.29 is 26.3 Å². The molecule has 0 heterocycles. The van der Waals surface area contributed by atoms with Crippen LogP contribution in [0.3, 0.4) is 0 Å². The van der Waals surface area contributed by atoms with E-state index in [-0.39, 0.29) is 10.7 Å². The standard InChI is InChI=1S/C23H14Cl2F6N2/c24-19-10-1-14(13-20(19)25)21(33-18-8-4-16(5-9-18)23(29,30)31)11-12-32-17-6-2-15(3-7-17)22(26,27)28/h1-13,33H/b21-11+,32-12?. The number of benzene rings is 3. The van der Waals surface area contributed by atoms with Crippen LogP contribution in [0.2, 0.25) is 10.0 Å². The fourth-order valence-corrected chi connectivity index (χ4v) is 3.00. The molecule has 0 aromatic heterocycles. The Morgan fingerprint density at radius 1 is 0.727 bits per heavy atom. The van der Waals surface area contributed by atoms with Gasteiger partial charge in [0.25, 0.3) is 0 Å². The van der Waals surface area contributed by atoms with Gasteiger partial charge >= 0.3 is 12.4 Å². The first-order chi connectivity index (χ1) is 15.4. The molecule has 0 spiro atoms. The lowest BCUT2D eigenvalue weighted by molar-refractivity contribution is -0.138. The molecule has 172 valence electrons. The van der Waals surface area contributed by atoms with E-state index < -0.39 is 23.5 Å². The highest BCUT2D eigenvalue weighted by Gasteiger charge is 2.30. The molecular weight excluding hydrogens is 489 g/mol. The number of rotatable bonds is 5. The zero-order chi connectivity index (χ0) is 24.2. The second-order valence-corrected chi connectivity index (χ2v) is 7.55. The number of allylic oxidation sites excluding steroid dienone is 1. The lowest BCUT2D eigenvalue weighted by Crippen LogP contribution is -2.05. The van der Waals surface area contributed by atoms with Gasteiger partial charge in [0.05, 0.1) is 26.9 Å². The second kappa shape index (κ2) is 9.89. The second-order valence-electron chi connectivity index (χ2n) is 6.73. The molecule has 0 amide bonds. The summed E-state index contributed by atoms with van der Waals surface area (Å²) in [5.41, 5.74) is 0.0344. The Kier molecular flexibility index (Phi) is 7.39. The Morgan fingerprint density at radius 3 is 1.79 bits per heavy atom. The zero-order valence-corrected chi connectivity index (χ0v) is 18.0. The third kappa shape index (κ3) is 6.76. The fourth-order valence-electron chi connectivity index (χ4n) is 2.71. The van der Waals surface area contributed by atoms with Crippen LogP contribution in [0, 0.1) is 0 Å². The number of nitrogens with one attached hydrogen (secondary N) is 1. The lowest BCUT2D eigenvalue weighted by Gasteiger charge is -2.13. The van der Waals surface area contributed by atoms with Gasteiger partial charge in [-0.3, -0.25) is 4.99 Å². The van der Waals surface area contributed by atoms with Gasteiger partial charge in [0.1, 0.15) is 0 Å². The van der Waals surface area contributed by atoms with Crippen LogP contribution in [0.15, 0.2) is 77.8 Å². The Morgan fingerprint density at radius 2 is 1.27 bits per heavy atom. The maximum Gasteiger partial charge on any atom is 0.416 e. The van der Waals surface area contributed by atoms with Crippen LogP contribution in [0.4, 0.5) is 37.7 Å². The summed E-state index contributed by atoms with van der Waals surface area (Å²) in [6, 6.07) is 13.4. The molecule has 0 saturated carbocycles. The zero-order valence-electron chi connectivity index (χ0n) is 16.5. The molecule has 33 heavy (non-hydrogen) atoms. The maximum atomic E-state index is 12.8. The quantitative estimate of drug-likeness (QED) is 0.273. The summed E-state index contributed by atoms with van der Waals surface area (Å²) in [4.78, 5) is 4.11. The smallest absolute Gasteiger partial charge is 0.355 e. The number of nitrogens with zero attached hydrogens (tertiary/aromatic N) is 1. The molecule has 0 fully saturated rings. The molecule has 3 aromatic rings.